The highest BCUT2D eigenvalue weighted by Crippen LogP contribution is 2.07. The molecule has 3 heteroatoms. The minimum Gasteiger partial charge on any atom is -0.418 e. The third kappa shape index (κ3) is 7.77. The minimum absolute atomic E-state index is 0.176. The van der Waals surface area contributed by atoms with Crippen LogP contribution in [-0.2, 0) is 4.43 Å². The molecule has 0 N–H and O–H groups in total. The molecule has 70 valence electrons. The lowest BCUT2D eigenvalue weighted by atomic mass is 10.1. The Hall–Kier alpha value is -0.333. The molecule has 0 aromatic heterocycles. The number of nitrogens with zero attached hydrogens (tertiary/aromatic N) is 1. The Labute approximate surface area is 76.7 Å². The quantitative estimate of drug-likeness (QED) is 0.487. The minimum atomic E-state index is -1.32. The van der Waals surface area contributed by atoms with Crippen LogP contribution in [0.1, 0.15) is 19.8 Å². The fraction of sp³-hybridized carbons (Fsp3) is 0.889. The Kier molecular flexibility index (Phi) is 5.19. The first kappa shape index (κ1) is 11.7. The van der Waals surface area contributed by atoms with Crippen LogP contribution in [0.5, 0.6) is 0 Å². The molecule has 1 unspecified atom stereocenters. The molecule has 0 saturated carbocycles. The molecule has 0 radical (unpaired) electrons. The van der Waals surface area contributed by atoms with Gasteiger partial charge in [-0.25, -0.2) is 0 Å². The van der Waals surface area contributed by atoms with Gasteiger partial charge >= 0.3 is 0 Å². The first-order chi connectivity index (χ1) is 5.45. The maximum absolute atomic E-state index is 8.51. The Morgan fingerprint density at radius 3 is 2.42 bits per heavy atom. The van der Waals surface area contributed by atoms with Crippen LogP contribution in [0.25, 0.3) is 0 Å². The average molecular weight is 185 g/mol. The van der Waals surface area contributed by atoms with Gasteiger partial charge in [0.05, 0.1) is 6.07 Å². The standard InChI is InChI=1S/C9H19NOSi/c1-9(8-10)6-5-7-11-12(2,3)4/h9H,5-7H2,1-4H3. The summed E-state index contributed by atoms with van der Waals surface area (Å²) in [4.78, 5) is 0. The van der Waals surface area contributed by atoms with Gasteiger partial charge in [-0.2, -0.15) is 5.26 Å². The molecule has 0 fully saturated rings. The van der Waals surface area contributed by atoms with Crippen molar-refractivity contribution in [3.63, 3.8) is 0 Å². The van der Waals surface area contributed by atoms with E-state index in [1.54, 1.807) is 0 Å². The normalized spacial score (nSPS) is 13.9. The molecule has 0 amide bonds. The van der Waals surface area contributed by atoms with Crippen LogP contribution in [0.2, 0.25) is 19.6 Å². The molecule has 2 nitrogen and oxygen atoms in total. The zero-order valence-corrected chi connectivity index (χ0v) is 9.55. The average Bonchev–Trinajstić information content (AvgIpc) is 1.96. The van der Waals surface area contributed by atoms with E-state index in [2.05, 4.69) is 25.7 Å². The highest BCUT2D eigenvalue weighted by Gasteiger charge is 2.13. The molecule has 0 rings (SSSR count). The van der Waals surface area contributed by atoms with Crippen LogP contribution >= 0.6 is 0 Å². The largest absolute Gasteiger partial charge is 0.418 e. The summed E-state index contributed by atoms with van der Waals surface area (Å²) in [5.74, 6) is 0.176. The smallest absolute Gasteiger partial charge is 0.183 e. The predicted molar refractivity (Wildman–Crippen MR) is 53.3 cm³/mol. The summed E-state index contributed by atoms with van der Waals surface area (Å²) in [6, 6.07) is 2.22. The van der Waals surface area contributed by atoms with Crippen molar-refractivity contribution in [2.45, 2.75) is 39.4 Å². The lowest BCUT2D eigenvalue weighted by Crippen LogP contribution is -2.25. The van der Waals surface area contributed by atoms with E-state index in [0.29, 0.717) is 0 Å². The van der Waals surface area contributed by atoms with Gasteiger partial charge < -0.3 is 4.43 Å². The lowest BCUT2D eigenvalue weighted by molar-refractivity contribution is 0.295. The number of nitriles is 1. The summed E-state index contributed by atoms with van der Waals surface area (Å²) in [5.41, 5.74) is 0. The third-order valence-corrected chi connectivity index (χ3v) is 2.61. The van der Waals surface area contributed by atoms with Gasteiger partial charge in [0, 0.05) is 12.5 Å². The SMILES string of the molecule is CC(C#N)CCCO[Si](C)(C)C. The summed E-state index contributed by atoms with van der Waals surface area (Å²) in [6.45, 7) is 9.32. The Bertz CT molecular complexity index is 157. The first-order valence-electron chi connectivity index (χ1n) is 4.49. The van der Waals surface area contributed by atoms with E-state index in [4.69, 9.17) is 9.69 Å². The van der Waals surface area contributed by atoms with Crippen molar-refractivity contribution in [1.82, 2.24) is 0 Å². The fourth-order valence-corrected chi connectivity index (χ4v) is 1.59. The van der Waals surface area contributed by atoms with E-state index in [1.807, 2.05) is 6.92 Å². The van der Waals surface area contributed by atoms with E-state index < -0.39 is 8.32 Å². The van der Waals surface area contributed by atoms with Crippen molar-refractivity contribution in [3.05, 3.63) is 0 Å². The van der Waals surface area contributed by atoms with Crippen molar-refractivity contribution < 1.29 is 4.43 Å². The van der Waals surface area contributed by atoms with Gasteiger partial charge in [-0.1, -0.05) is 0 Å². The number of hydrogen-bond acceptors (Lipinski definition) is 2. The summed E-state index contributed by atoms with van der Waals surface area (Å²) in [7, 11) is -1.32. The number of rotatable bonds is 5. The van der Waals surface area contributed by atoms with Crippen LogP contribution < -0.4 is 0 Å². The maximum atomic E-state index is 8.51. The van der Waals surface area contributed by atoms with Gasteiger partial charge in [0.25, 0.3) is 0 Å². The van der Waals surface area contributed by atoms with Crippen molar-refractivity contribution >= 4 is 8.32 Å². The topological polar surface area (TPSA) is 33.0 Å². The molecule has 0 saturated heterocycles. The number of hydrogen-bond donors (Lipinski definition) is 0. The zero-order valence-electron chi connectivity index (χ0n) is 8.55. The van der Waals surface area contributed by atoms with Gasteiger partial charge in [0.1, 0.15) is 0 Å². The molecular formula is C9H19NOSi. The second-order valence-corrected chi connectivity index (χ2v) is 8.65. The van der Waals surface area contributed by atoms with Gasteiger partial charge in [-0.05, 0) is 39.4 Å². The monoisotopic (exact) mass is 185 g/mol. The van der Waals surface area contributed by atoms with Gasteiger partial charge in [-0.3, -0.25) is 0 Å². The lowest BCUT2D eigenvalue weighted by Gasteiger charge is -2.16. The second-order valence-electron chi connectivity index (χ2n) is 4.13. The van der Waals surface area contributed by atoms with Crippen molar-refractivity contribution in [1.29, 1.82) is 5.26 Å². The van der Waals surface area contributed by atoms with E-state index in [1.165, 1.54) is 0 Å². The van der Waals surface area contributed by atoms with Crippen LogP contribution in [0.3, 0.4) is 0 Å². The van der Waals surface area contributed by atoms with Crippen molar-refractivity contribution in [2.75, 3.05) is 6.61 Å². The molecular weight excluding hydrogens is 166 g/mol. The van der Waals surface area contributed by atoms with Crippen LogP contribution in [0.4, 0.5) is 0 Å². The van der Waals surface area contributed by atoms with E-state index >= 15 is 0 Å². The molecule has 0 aliphatic carbocycles. The summed E-state index contributed by atoms with van der Waals surface area (Å²) in [6.07, 6.45) is 1.97. The van der Waals surface area contributed by atoms with Crippen LogP contribution in [-0.4, -0.2) is 14.9 Å². The molecule has 1 atom stereocenters. The van der Waals surface area contributed by atoms with Gasteiger partial charge in [0.15, 0.2) is 8.32 Å². The van der Waals surface area contributed by atoms with Crippen LogP contribution in [0.15, 0.2) is 0 Å². The summed E-state index contributed by atoms with van der Waals surface area (Å²) >= 11 is 0. The Balaban J connectivity index is 3.29. The molecule has 0 spiro atoms. The van der Waals surface area contributed by atoms with Crippen molar-refractivity contribution in [3.8, 4) is 6.07 Å². The Morgan fingerprint density at radius 2 is 2.00 bits per heavy atom. The van der Waals surface area contributed by atoms with Crippen molar-refractivity contribution in [2.24, 2.45) is 5.92 Å². The molecule has 0 aromatic rings. The highest BCUT2D eigenvalue weighted by atomic mass is 28.4. The Morgan fingerprint density at radius 1 is 1.42 bits per heavy atom. The maximum Gasteiger partial charge on any atom is 0.183 e. The summed E-state index contributed by atoms with van der Waals surface area (Å²) in [5, 5.41) is 8.51. The molecule has 0 heterocycles. The second kappa shape index (κ2) is 5.34. The van der Waals surface area contributed by atoms with Crippen LogP contribution in [0, 0.1) is 17.2 Å². The molecule has 0 aliphatic rings. The molecule has 12 heavy (non-hydrogen) atoms. The highest BCUT2D eigenvalue weighted by molar-refractivity contribution is 6.69. The van der Waals surface area contributed by atoms with E-state index in [9.17, 15) is 0 Å². The molecule has 0 bridgehead atoms. The van der Waals surface area contributed by atoms with E-state index in [-0.39, 0.29) is 5.92 Å². The third-order valence-electron chi connectivity index (χ3n) is 1.54. The predicted octanol–water partition coefficient (Wildman–Crippen LogP) is 2.78. The summed E-state index contributed by atoms with van der Waals surface area (Å²) < 4.78 is 5.65. The van der Waals surface area contributed by atoms with Gasteiger partial charge in [0.2, 0.25) is 0 Å². The zero-order chi connectivity index (χ0) is 9.61. The van der Waals surface area contributed by atoms with Gasteiger partial charge in [-0.15, -0.1) is 0 Å². The molecule has 0 aliphatic heterocycles. The first-order valence-corrected chi connectivity index (χ1v) is 7.90. The fourth-order valence-electron chi connectivity index (χ4n) is 0.832. The van der Waals surface area contributed by atoms with E-state index in [0.717, 1.165) is 19.4 Å². The molecule has 0 aromatic carbocycles.